The van der Waals surface area contributed by atoms with E-state index >= 15 is 0 Å². The SMILES string of the molecule is C[C@@H](Nc1ccn2ncc(C3=NC(C)(C)ON3)c2n1)c1cc(F)ccc1C(=O)N(C)C. The van der Waals surface area contributed by atoms with Gasteiger partial charge in [-0.15, -0.1) is 0 Å². The van der Waals surface area contributed by atoms with E-state index in [9.17, 15) is 9.18 Å². The van der Waals surface area contributed by atoms with Gasteiger partial charge in [-0.25, -0.2) is 29.2 Å². The topological polar surface area (TPSA) is 96.1 Å². The van der Waals surface area contributed by atoms with Crippen LogP contribution < -0.4 is 10.8 Å². The molecule has 0 aliphatic carbocycles. The van der Waals surface area contributed by atoms with Gasteiger partial charge in [0.25, 0.3) is 5.91 Å². The molecule has 0 unspecified atom stereocenters. The van der Waals surface area contributed by atoms with E-state index in [2.05, 4.69) is 25.9 Å². The first-order valence-corrected chi connectivity index (χ1v) is 9.81. The molecule has 0 bridgehead atoms. The van der Waals surface area contributed by atoms with Crippen molar-refractivity contribution in [1.29, 1.82) is 0 Å². The molecule has 3 heterocycles. The molecule has 1 aromatic carbocycles. The van der Waals surface area contributed by atoms with Crippen molar-refractivity contribution < 1.29 is 14.0 Å². The third kappa shape index (κ3) is 4.06. The number of hydrogen-bond donors (Lipinski definition) is 2. The van der Waals surface area contributed by atoms with Gasteiger partial charge in [-0.05, 0) is 50.6 Å². The molecule has 0 saturated carbocycles. The number of carbonyl (C=O) groups excluding carboxylic acids is 1. The number of nitrogens with zero attached hydrogens (tertiary/aromatic N) is 5. The van der Waals surface area contributed by atoms with E-state index in [1.54, 1.807) is 37.1 Å². The zero-order chi connectivity index (χ0) is 22.3. The van der Waals surface area contributed by atoms with Gasteiger partial charge in [0.15, 0.2) is 17.2 Å². The fourth-order valence-electron chi connectivity index (χ4n) is 3.35. The Labute approximate surface area is 178 Å². The minimum absolute atomic E-state index is 0.196. The molecule has 1 aliphatic heterocycles. The average molecular weight is 425 g/mol. The summed E-state index contributed by atoms with van der Waals surface area (Å²) in [6, 6.07) is 5.54. The van der Waals surface area contributed by atoms with Crippen LogP contribution in [0.25, 0.3) is 5.65 Å². The molecule has 31 heavy (non-hydrogen) atoms. The summed E-state index contributed by atoms with van der Waals surface area (Å²) >= 11 is 0. The summed E-state index contributed by atoms with van der Waals surface area (Å²) in [5, 5.41) is 7.56. The quantitative estimate of drug-likeness (QED) is 0.653. The average Bonchev–Trinajstić information content (AvgIpc) is 3.29. The van der Waals surface area contributed by atoms with Crippen LogP contribution >= 0.6 is 0 Å². The van der Waals surface area contributed by atoms with E-state index < -0.39 is 11.5 Å². The molecule has 0 spiro atoms. The van der Waals surface area contributed by atoms with Crippen molar-refractivity contribution in [1.82, 2.24) is 25.0 Å². The van der Waals surface area contributed by atoms with E-state index in [-0.39, 0.29) is 11.9 Å². The lowest BCUT2D eigenvalue weighted by atomic mass is 10.00. The Morgan fingerprint density at radius 1 is 1.32 bits per heavy atom. The zero-order valence-corrected chi connectivity index (χ0v) is 18.0. The van der Waals surface area contributed by atoms with Crippen molar-refractivity contribution in [2.45, 2.75) is 32.5 Å². The number of aromatic nitrogens is 3. The van der Waals surface area contributed by atoms with Crippen molar-refractivity contribution in [2.75, 3.05) is 19.4 Å². The minimum Gasteiger partial charge on any atom is -0.363 e. The van der Waals surface area contributed by atoms with Gasteiger partial charge in [-0.1, -0.05) is 0 Å². The second kappa shape index (κ2) is 7.62. The van der Waals surface area contributed by atoms with Crippen LogP contribution in [0.4, 0.5) is 10.2 Å². The van der Waals surface area contributed by atoms with Crippen LogP contribution in [0, 0.1) is 5.82 Å². The summed E-state index contributed by atoms with van der Waals surface area (Å²) in [5.74, 6) is 0.487. The van der Waals surface area contributed by atoms with Gasteiger partial charge in [-0.3, -0.25) is 4.79 Å². The lowest BCUT2D eigenvalue weighted by Crippen LogP contribution is -2.24. The third-order valence-electron chi connectivity index (χ3n) is 4.88. The molecule has 0 radical (unpaired) electrons. The van der Waals surface area contributed by atoms with Gasteiger partial charge in [0.2, 0.25) is 0 Å². The monoisotopic (exact) mass is 425 g/mol. The normalized spacial score (nSPS) is 16.0. The third-order valence-corrected chi connectivity index (χ3v) is 4.88. The van der Waals surface area contributed by atoms with Crippen LogP contribution in [-0.2, 0) is 4.84 Å². The van der Waals surface area contributed by atoms with Gasteiger partial charge < -0.3 is 10.2 Å². The second-order valence-corrected chi connectivity index (χ2v) is 8.05. The molecule has 9 nitrogen and oxygen atoms in total. The highest BCUT2D eigenvalue weighted by Gasteiger charge is 2.28. The molecular formula is C21H24FN7O2. The van der Waals surface area contributed by atoms with E-state index in [1.165, 1.54) is 23.1 Å². The fourth-order valence-corrected chi connectivity index (χ4v) is 3.35. The van der Waals surface area contributed by atoms with Gasteiger partial charge in [-0.2, -0.15) is 5.10 Å². The molecule has 1 aliphatic rings. The second-order valence-electron chi connectivity index (χ2n) is 8.05. The Morgan fingerprint density at radius 3 is 2.77 bits per heavy atom. The molecule has 10 heteroatoms. The van der Waals surface area contributed by atoms with Crippen LogP contribution in [-0.4, -0.2) is 51.1 Å². The number of fused-ring (bicyclic) bond motifs is 1. The first-order chi connectivity index (χ1) is 14.6. The van der Waals surface area contributed by atoms with Crippen molar-refractivity contribution in [2.24, 2.45) is 4.99 Å². The van der Waals surface area contributed by atoms with Crippen molar-refractivity contribution in [3.05, 3.63) is 59.2 Å². The smallest absolute Gasteiger partial charge is 0.253 e. The Balaban J connectivity index is 1.66. The largest absolute Gasteiger partial charge is 0.363 e. The Morgan fingerprint density at radius 2 is 2.10 bits per heavy atom. The number of benzene rings is 1. The van der Waals surface area contributed by atoms with Gasteiger partial charge in [0.05, 0.1) is 17.8 Å². The first kappa shape index (κ1) is 20.7. The summed E-state index contributed by atoms with van der Waals surface area (Å²) in [5.41, 5.74) is 4.38. The molecule has 162 valence electrons. The maximum absolute atomic E-state index is 14.0. The fraction of sp³-hybridized carbons (Fsp3) is 0.333. The Kier molecular flexibility index (Phi) is 5.10. The summed E-state index contributed by atoms with van der Waals surface area (Å²) < 4.78 is 15.6. The van der Waals surface area contributed by atoms with Crippen molar-refractivity contribution in [3.63, 3.8) is 0 Å². The van der Waals surface area contributed by atoms with Gasteiger partial charge >= 0.3 is 0 Å². The van der Waals surface area contributed by atoms with Crippen LogP contribution in [0.5, 0.6) is 0 Å². The summed E-state index contributed by atoms with van der Waals surface area (Å²) in [4.78, 5) is 28.6. The van der Waals surface area contributed by atoms with Gasteiger partial charge in [0, 0.05) is 25.9 Å². The van der Waals surface area contributed by atoms with Crippen molar-refractivity contribution >= 4 is 23.2 Å². The summed E-state index contributed by atoms with van der Waals surface area (Å²) in [6.07, 6.45) is 3.42. The lowest BCUT2D eigenvalue weighted by molar-refractivity contribution is -0.0269. The number of aliphatic imine (C=N–C) groups is 1. The highest BCUT2D eigenvalue weighted by molar-refractivity contribution is 6.04. The van der Waals surface area contributed by atoms with Crippen LogP contribution in [0.3, 0.4) is 0 Å². The van der Waals surface area contributed by atoms with Crippen molar-refractivity contribution in [3.8, 4) is 0 Å². The van der Waals surface area contributed by atoms with Crippen LogP contribution in [0.1, 0.15) is 48.3 Å². The Hall–Kier alpha value is -3.53. The molecule has 1 atom stereocenters. The minimum atomic E-state index is -0.680. The highest BCUT2D eigenvalue weighted by atomic mass is 19.1. The first-order valence-electron chi connectivity index (χ1n) is 9.81. The lowest BCUT2D eigenvalue weighted by Gasteiger charge is -2.20. The molecule has 3 aromatic rings. The van der Waals surface area contributed by atoms with Gasteiger partial charge in [0.1, 0.15) is 11.6 Å². The number of nitrogens with one attached hydrogen (secondary N) is 2. The van der Waals surface area contributed by atoms with E-state index in [0.717, 1.165) is 0 Å². The standard InChI is InChI=1S/C21H24FN7O2/c1-12(15-10-13(22)6-7-14(15)20(30)28(4)5)24-17-8-9-29-19(25-17)16(11-23-29)18-26-21(2,3)31-27-18/h6-12H,1-5H3,(H,24,25)(H,26,27)/t12-/m1/s1. The maximum atomic E-state index is 14.0. The molecule has 0 fully saturated rings. The predicted molar refractivity (Wildman–Crippen MR) is 114 cm³/mol. The highest BCUT2D eigenvalue weighted by Crippen LogP contribution is 2.25. The number of rotatable bonds is 5. The molecule has 2 N–H and O–H groups in total. The number of carbonyl (C=O) groups is 1. The summed E-state index contributed by atoms with van der Waals surface area (Å²) in [7, 11) is 3.32. The van der Waals surface area contributed by atoms with Crippen LogP contribution in [0.15, 0.2) is 41.7 Å². The van der Waals surface area contributed by atoms with Crippen LogP contribution in [0.2, 0.25) is 0 Å². The molecule has 0 saturated heterocycles. The number of anilines is 1. The van der Waals surface area contributed by atoms with E-state index in [0.29, 0.717) is 34.0 Å². The van der Waals surface area contributed by atoms with E-state index in [1.807, 2.05) is 20.8 Å². The molecular weight excluding hydrogens is 401 g/mol. The molecule has 1 amide bonds. The zero-order valence-electron chi connectivity index (χ0n) is 18.0. The number of amides is 1. The Bertz CT molecular complexity index is 1190. The molecule has 2 aromatic heterocycles. The number of amidine groups is 1. The number of hydrogen-bond acceptors (Lipinski definition) is 7. The maximum Gasteiger partial charge on any atom is 0.253 e. The number of halogens is 1. The number of hydroxylamine groups is 1. The van der Waals surface area contributed by atoms with E-state index in [4.69, 9.17) is 4.84 Å². The summed E-state index contributed by atoms with van der Waals surface area (Å²) in [6.45, 7) is 5.53. The molecule has 4 rings (SSSR count). The predicted octanol–water partition coefficient (Wildman–Crippen LogP) is 2.76.